The summed E-state index contributed by atoms with van der Waals surface area (Å²) in [6.45, 7) is 5.95. The minimum atomic E-state index is 0.708. The zero-order valence-electron chi connectivity index (χ0n) is 11.0. The third kappa shape index (κ3) is 4.26. The zero-order valence-corrected chi connectivity index (χ0v) is 11.0. The summed E-state index contributed by atoms with van der Waals surface area (Å²) in [5.74, 6) is 0. The molecule has 0 aliphatic carbocycles. The Hall–Kier alpha value is -2.07. The van der Waals surface area contributed by atoms with Crippen molar-refractivity contribution in [1.29, 1.82) is 0 Å². The average Bonchev–Trinajstić information content (AvgIpc) is 2.92. The minimum Gasteiger partial charge on any atom is -0.502 e. The van der Waals surface area contributed by atoms with Crippen LogP contribution < -0.4 is 5.32 Å². The van der Waals surface area contributed by atoms with Gasteiger partial charge >= 0.3 is 0 Å². The molecule has 1 aromatic carbocycles. The Kier molecular flexibility index (Phi) is 5.19. The molecular formula is C15H19N3O. The number of aromatic nitrogens is 2. The van der Waals surface area contributed by atoms with Gasteiger partial charge in [-0.15, -0.1) is 0 Å². The van der Waals surface area contributed by atoms with Crippen molar-refractivity contribution < 1.29 is 4.74 Å². The van der Waals surface area contributed by atoms with Gasteiger partial charge in [-0.3, -0.25) is 0 Å². The Morgan fingerprint density at radius 2 is 2.16 bits per heavy atom. The van der Waals surface area contributed by atoms with Gasteiger partial charge in [-0.25, -0.2) is 4.68 Å². The van der Waals surface area contributed by atoms with Crippen molar-refractivity contribution >= 4 is 0 Å². The van der Waals surface area contributed by atoms with Crippen LogP contribution in [-0.2, 0) is 11.3 Å². The number of hydrogen-bond acceptors (Lipinski definition) is 3. The van der Waals surface area contributed by atoms with E-state index in [1.165, 1.54) is 11.8 Å². The molecule has 1 heterocycles. The molecule has 0 atom stereocenters. The Balaban J connectivity index is 1.77. The van der Waals surface area contributed by atoms with Gasteiger partial charge < -0.3 is 10.1 Å². The molecule has 0 bridgehead atoms. The molecule has 0 saturated heterocycles. The largest absolute Gasteiger partial charge is 0.502 e. The number of nitrogens with zero attached hydrogens (tertiary/aromatic N) is 2. The Bertz CT molecular complexity index is 493. The molecule has 0 aliphatic heterocycles. The van der Waals surface area contributed by atoms with Crippen LogP contribution in [0.3, 0.4) is 0 Å². The SMILES string of the molecule is C=COCCCNCc1cnn(-c2ccccc2)c1. The lowest BCUT2D eigenvalue weighted by Crippen LogP contribution is -2.15. The van der Waals surface area contributed by atoms with E-state index < -0.39 is 0 Å². The monoisotopic (exact) mass is 257 g/mol. The van der Waals surface area contributed by atoms with E-state index in [0.717, 1.165) is 25.2 Å². The van der Waals surface area contributed by atoms with Crippen LogP contribution in [0.2, 0.25) is 0 Å². The van der Waals surface area contributed by atoms with E-state index in [4.69, 9.17) is 4.74 Å². The topological polar surface area (TPSA) is 39.1 Å². The van der Waals surface area contributed by atoms with Gasteiger partial charge in [0.25, 0.3) is 0 Å². The number of para-hydroxylation sites is 1. The molecular weight excluding hydrogens is 238 g/mol. The molecule has 2 rings (SSSR count). The second-order valence-electron chi connectivity index (χ2n) is 4.20. The lowest BCUT2D eigenvalue weighted by molar-refractivity contribution is 0.244. The molecule has 2 aromatic rings. The van der Waals surface area contributed by atoms with E-state index in [0.29, 0.717) is 6.61 Å². The number of ether oxygens (including phenoxy) is 1. The fourth-order valence-electron chi connectivity index (χ4n) is 1.77. The van der Waals surface area contributed by atoms with Crippen molar-refractivity contribution in [1.82, 2.24) is 15.1 Å². The number of hydrogen-bond donors (Lipinski definition) is 1. The molecule has 4 heteroatoms. The fraction of sp³-hybridized carbons (Fsp3) is 0.267. The van der Waals surface area contributed by atoms with Crippen LogP contribution in [0.1, 0.15) is 12.0 Å². The van der Waals surface area contributed by atoms with Gasteiger partial charge in [0.05, 0.1) is 24.8 Å². The van der Waals surface area contributed by atoms with Gasteiger partial charge in [0.1, 0.15) is 0 Å². The first-order valence-corrected chi connectivity index (χ1v) is 6.42. The van der Waals surface area contributed by atoms with Gasteiger partial charge in [-0.1, -0.05) is 24.8 Å². The van der Waals surface area contributed by atoms with Crippen LogP contribution in [-0.4, -0.2) is 22.9 Å². The molecule has 0 radical (unpaired) electrons. The van der Waals surface area contributed by atoms with Crippen molar-refractivity contribution in [3.05, 3.63) is 61.1 Å². The third-order valence-electron chi connectivity index (χ3n) is 2.72. The molecule has 1 N–H and O–H groups in total. The van der Waals surface area contributed by atoms with Crippen LogP contribution >= 0.6 is 0 Å². The molecule has 1 aromatic heterocycles. The highest BCUT2D eigenvalue weighted by atomic mass is 16.5. The van der Waals surface area contributed by atoms with Gasteiger partial charge in [-0.2, -0.15) is 5.10 Å². The van der Waals surface area contributed by atoms with E-state index in [2.05, 4.69) is 17.0 Å². The molecule has 19 heavy (non-hydrogen) atoms. The van der Waals surface area contributed by atoms with Crippen molar-refractivity contribution in [2.45, 2.75) is 13.0 Å². The molecule has 0 fully saturated rings. The predicted molar refractivity (Wildman–Crippen MR) is 76.0 cm³/mol. The van der Waals surface area contributed by atoms with E-state index in [1.54, 1.807) is 0 Å². The minimum absolute atomic E-state index is 0.708. The normalized spacial score (nSPS) is 10.3. The third-order valence-corrected chi connectivity index (χ3v) is 2.72. The van der Waals surface area contributed by atoms with E-state index in [1.807, 2.05) is 47.4 Å². The molecule has 0 amide bonds. The van der Waals surface area contributed by atoms with Crippen LogP contribution in [0.4, 0.5) is 0 Å². The summed E-state index contributed by atoms with van der Waals surface area (Å²) in [7, 11) is 0. The van der Waals surface area contributed by atoms with Crippen LogP contribution in [0.25, 0.3) is 5.69 Å². The Morgan fingerprint density at radius 1 is 1.32 bits per heavy atom. The first-order chi connectivity index (χ1) is 9.40. The number of benzene rings is 1. The summed E-state index contributed by atoms with van der Waals surface area (Å²) in [4.78, 5) is 0. The fourth-order valence-corrected chi connectivity index (χ4v) is 1.77. The van der Waals surface area contributed by atoms with Crippen molar-refractivity contribution in [3.63, 3.8) is 0 Å². The average molecular weight is 257 g/mol. The summed E-state index contributed by atoms with van der Waals surface area (Å²) < 4.78 is 6.94. The summed E-state index contributed by atoms with van der Waals surface area (Å²) in [5.41, 5.74) is 2.25. The molecule has 0 saturated carbocycles. The number of rotatable bonds is 8. The quantitative estimate of drug-likeness (QED) is 0.583. The standard InChI is InChI=1S/C15H19N3O/c1-2-19-10-6-9-16-11-14-12-17-18(13-14)15-7-4-3-5-8-15/h2-5,7-8,12-13,16H,1,6,9-11H2. The van der Waals surface area contributed by atoms with Gasteiger partial charge in [0.2, 0.25) is 0 Å². The van der Waals surface area contributed by atoms with Crippen molar-refractivity contribution in [2.75, 3.05) is 13.2 Å². The summed E-state index contributed by atoms with van der Waals surface area (Å²) in [5, 5.41) is 7.71. The highest BCUT2D eigenvalue weighted by molar-refractivity contribution is 5.30. The highest BCUT2D eigenvalue weighted by Crippen LogP contribution is 2.07. The van der Waals surface area contributed by atoms with Gasteiger partial charge in [0.15, 0.2) is 0 Å². The van der Waals surface area contributed by atoms with Crippen molar-refractivity contribution in [2.24, 2.45) is 0 Å². The van der Waals surface area contributed by atoms with E-state index >= 15 is 0 Å². The smallest absolute Gasteiger partial charge is 0.0885 e. The van der Waals surface area contributed by atoms with Gasteiger partial charge in [0, 0.05) is 18.3 Å². The lowest BCUT2D eigenvalue weighted by Gasteiger charge is -2.03. The second kappa shape index (κ2) is 7.38. The second-order valence-corrected chi connectivity index (χ2v) is 4.20. The molecule has 0 aliphatic rings. The predicted octanol–water partition coefficient (Wildman–Crippen LogP) is 2.51. The molecule has 0 unspecified atom stereocenters. The number of nitrogens with one attached hydrogen (secondary N) is 1. The highest BCUT2D eigenvalue weighted by Gasteiger charge is 1.99. The molecule has 100 valence electrons. The van der Waals surface area contributed by atoms with Gasteiger partial charge in [-0.05, 0) is 25.1 Å². The lowest BCUT2D eigenvalue weighted by atomic mass is 10.3. The van der Waals surface area contributed by atoms with Crippen molar-refractivity contribution in [3.8, 4) is 5.69 Å². The maximum absolute atomic E-state index is 5.06. The zero-order chi connectivity index (χ0) is 13.3. The summed E-state index contributed by atoms with van der Waals surface area (Å²) in [6.07, 6.45) is 6.38. The van der Waals surface area contributed by atoms with Crippen LogP contribution in [0.15, 0.2) is 55.6 Å². The van der Waals surface area contributed by atoms with Crippen LogP contribution in [0, 0.1) is 0 Å². The Morgan fingerprint density at radius 3 is 2.95 bits per heavy atom. The molecule has 0 spiro atoms. The summed E-state index contributed by atoms with van der Waals surface area (Å²) >= 11 is 0. The Labute approximate surface area is 113 Å². The maximum Gasteiger partial charge on any atom is 0.0885 e. The first kappa shape index (κ1) is 13.4. The van der Waals surface area contributed by atoms with E-state index in [-0.39, 0.29) is 0 Å². The van der Waals surface area contributed by atoms with Crippen LogP contribution in [0.5, 0.6) is 0 Å². The van der Waals surface area contributed by atoms with E-state index in [9.17, 15) is 0 Å². The summed E-state index contributed by atoms with van der Waals surface area (Å²) in [6, 6.07) is 10.1. The maximum atomic E-state index is 5.06. The first-order valence-electron chi connectivity index (χ1n) is 6.42. The molecule has 4 nitrogen and oxygen atoms in total.